The summed E-state index contributed by atoms with van der Waals surface area (Å²) in [5, 5.41) is 20.4. The third kappa shape index (κ3) is 13.6. The number of likely N-dealkylation sites (tertiary alicyclic amines) is 2. The summed E-state index contributed by atoms with van der Waals surface area (Å²) in [5.41, 5.74) is 0. The van der Waals surface area contributed by atoms with Crippen LogP contribution in [-0.2, 0) is 9.59 Å². The van der Waals surface area contributed by atoms with E-state index in [1.54, 1.807) is 13.8 Å². The molecule has 2 N–H and O–H groups in total. The maximum atomic E-state index is 12.2. The molecule has 3 unspecified atom stereocenters. The minimum Gasteiger partial charge on any atom is -0.391 e. The maximum absolute atomic E-state index is 12.2. The number of carbonyl (C=O) groups is 2. The van der Waals surface area contributed by atoms with Crippen molar-refractivity contribution in [3.05, 3.63) is 0 Å². The van der Waals surface area contributed by atoms with Crippen molar-refractivity contribution >= 4 is 11.8 Å². The quantitative estimate of drug-likeness (QED) is 0.109. The average molecular weight is 716 g/mol. The molecule has 4 fully saturated rings. The second-order valence-electron chi connectivity index (χ2n) is 17.8. The van der Waals surface area contributed by atoms with Crippen LogP contribution in [0.4, 0.5) is 0 Å². The number of piperidine rings is 3. The van der Waals surface area contributed by atoms with E-state index >= 15 is 0 Å². The van der Waals surface area contributed by atoms with Gasteiger partial charge in [-0.25, -0.2) is 0 Å². The lowest BCUT2D eigenvalue weighted by Crippen LogP contribution is -2.53. The summed E-state index contributed by atoms with van der Waals surface area (Å²) >= 11 is 0. The predicted octanol–water partition coefficient (Wildman–Crippen LogP) is 9.41. The summed E-state index contributed by atoms with van der Waals surface area (Å²) in [6.45, 7) is 10.0. The minimum atomic E-state index is -0.363. The van der Waals surface area contributed by atoms with Gasteiger partial charge in [0.05, 0.1) is 24.3 Å². The predicted molar refractivity (Wildman–Crippen MR) is 211 cm³/mol. The van der Waals surface area contributed by atoms with Crippen LogP contribution in [0.3, 0.4) is 0 Å². The Hall–Kier alpha value is -1.18. The molecule has 0 aromatic heterocycles. The molecular weight excluding hydrogens is 635 g/mol. The SMILES string of the molecule is CC(=O)N1[C@H](CCCCCCCCCCC2CC(CCCCCCCCCC[C@@H]3CC[C@H](O)[C@H](C)N3C(C)=O)C3CCCN3C2)CC[C@H](O)[C@@H]1C. The van der Waals surface area contributed by atoms with Gasteiger partial charge in [-0.15, -0.1) is 0 Å². The highest BCUT2D eigenvalue weighted by molar-refractivity contribution is 5.74. The van der Waals surface area contributed by atoms with Crippen molar-refractivity contribution in [1.29, 1.82) is 0 Å². The van der Waals surface area contributed by atoms with Crippen molar-refractivity contribution < 1.29 is 19.8 Å². The van der Waals surface area contributed by atoms with Crippen LogP contribution in [0.25, 0.3) is 0 Å². The minimum absolute atomic E-state index is 0.0391. The molecule has 0 saturated carbocycles. The zero-order valence-corrected chi connectivity index (χ0v) is 33.8. The Labute approximate surface area is 314 Å². The zero-order chi connectivity index (χ0) is 36.6. The van der Waals surface area contributed by atoms with Crippen molar-refractivity contribution in [2.24, 2.45) is 11.8 Å². The van der Waals surface area contributed by atoms with Gasteiger partial charge in [0.2, 0.25) is 11.8 Å². The molecule has 0 aromatic carbocycles. The number of rotatable bonds is 22. The van der Waals surface area contributed by atoms with Crippen LogP contribution in [0.1, 0.15) is 201 Å². The van der Waals surface area contributed by atoms with Gasteiger partial charge in [0.25, 0.3) is 0 Å². The van der Waals surface area contributed by atoms with Crippen LogP contribution in [-0.4, -0.2) is 92.2 Å². The number of unbranched alkanes of at least 4 members (excludes halogenated alkanes) is 14. The molecule has 2 amide bonds. The number of aliphatic hydroxyl groups excluding tert-OH is 2. The molecule has 0 aliphatic carbocycles. The molecule has 4 aliphatic heterocycles. The van der Waals surface area contributed by atoms with E-state index in [0.717, 1.165) is 56.4 Å². The Kier molecular flexibility index (Phi) is 19.1. The van der Waals surface area contributed by atoms with E-state index < -0.39 is 0 Å². The molecule has 4 heterocycles. The lowest BCUT2D eigenvalue weighted by Gasteiger charge is -2.43. The molecule has 9 atom stereocenters. The molecule has 7 heteroatoms. The molecule has 51 heavy (non-hydrogen) atoms. The van der Waals surface area contributed by atoms with Crippen molar-refractivity contribution in [2.75, 3.05) is 13.1 Å². The van der Waals surface area contributed by atoms with E-state index in [1.807, 2.05) is 23.6 Å². The number of nitrogens with zero attached hydrogens (tertiary/aromatic N) is 3. The molecule has 7 nitrogen and oxygen atoms in total. The van der Waals surface area contributed by atoms with E-state index in [4.69, 9.17) is 0 Å². The fraction of sp³-hybridized carbons (Fsp3) is 0.955. The topological polar surface area (TPSA) is 84.3 Å². The number of carbonyl (C=O) groups excluding carboxylic acids is 2. The van der Waals surface area contributed by atoms with Gasteiger partial charge in [0, 0.05) is 38.5 Å². The summed E-state index contributed by atoms with van der Waals surface area (Å²) in [7, 11) is 0. The van der Waals surface area contributed by atoms with Gasteiger partial charge in [-0.05, 0) is 103 Å². The highest BCUT2D eigenvalue weighted by atomic mass is 16.3. The van der Waals surface area contributed by atoms with Crippen molar-refractivity contribution in [1.82, 2.24) is 14.7 Å². The lowest BCUT2D eigenvalue weighted by molar-refractivity contribution is -0.141. The van der Waals surface area contributed by atoms with Crippen LogP contribution in [0.2, 0.25) is 0 Å². The summed E-state index contributed by atoms with van der Waals surface area (Å²) in [6.07, 6.45) is 33.7. The first-order valence-electron chi connectivity index (χ1n) is 22.3. The van der Waals surface area contributed by atoms with E-state index in [9.17, 15) is 19.8 Å². The molecule has 0 spiro atoms. The molecule has 4 saturated heterocycles. The number of hydrogen-bond donors (Lipinski definition) is 2. The fourth-order valence-electron chi connectivity index (χ4n) is 11.0. The van der Waals surface area contributed by atoms with Crippen LogP contribution in [0.15, 0.2) is 0 Å². The van der Waals surface area contributed by atoms with Gasteiger partial charge in [-0.1, -0.05) is 103 Å². The first-order valence-corrected chi connectivity index (χ1v) is 22.3. The summed E-state index contributed by atoms with van der Waals surface area (Å²) in [6, 6.07) is 1.45. The maximum Gasteiger partial charge on any atom is 0.220 e. The van der Waals surface area contributed by atoms with E-state index in [2.05, 4.69) is 4.90 Å². The van der Waals surface area contributed by atoms with Gasteiger partial charge >= 0.3 is 0 Å². The van der Waals surface area contributed by atoms with Crippen molar-refractivity contribution in [2.45, 2.75) is 243 Å². The van der Waals surface area contributed by atoms with Crippen LogP contribution >= 0.6 is 0 Å². The highest BCUT2D eigenvalue weighted by Gasteiger charge is 2.38. The van der Waals surface area contributed by atoms with Gasteiger partial charge in [0.15, 0.2) is 0 Å². The van der Waals surface area contributed by atoms with Gasteiger partial charge in [-0.3, -0.25) is 14.5 Å². The summed E-state index contributed by atoms with van der Waals surface area (Å²) in [4.78, 5) is 31.1. The number of fused-ring (bicyclic) bond motifs is 1. The van der Waals surface area contributed by atoms with Crippen LogP contribution in [0.5, 0.6) is 0 Å². The Morgan fingerprint density at radius 3 is 1.41 bits per heavy atom. The highest BCUT2D eigenvalue weighted by Crippen LogP contribution is 2.39. The molecule has 0 radical (unpaired) electrons. The van der Waals surface area contributed by atoms with Crippen molar-refractivity contribution in [3.63, 3.8) is 0 Å². The monoisotopic (exact) mass is 716 g/mol. The van der Waals surface area contributed by atoms with E-state index in [-0.39, 0.29) is 36.1 Å². The Balaban J connectivity index is 0.977. The third-order valence-corrected chi connectivity index (χ3v) is 13.9. The molecular formula is C44H81N3O4. The van der Waals surface area contributed by atoms with E-state index in [1.165, 1.54) is 148 Å². The van der Waals surface area contributed by atoms with Crippen molar-refractivity contribution in [3.8, 4) is 0 Å². The summed E-state index contributed by atoms with van der Waals surface area (Å²) < 4.78 is 0. The molecule has 296 valence electrons. The third-order valence-electron chi connectivity index (χ3n) is 13.9. The normalized spacial score (nSPS) is 31.6. The first-order chi connectivity index (χ1) is 24.7. The number of aliphatic hydroxyl groups is 2. The lowest BCUT2D eigenvalue weighted by atomic mass is 9.78. The Morgan fingerprint density at radius 1 is 0.549 bits per heavy atom. The molecule has 0 aromatic rings. The fourth-order valence-corrected chi connectivity index (χ4v) is 11.0. The zero-order valence-electron chi connectivity index (χ0n) is 33.8. The van der Waals surface area contributed by atoms with Crippen LogP contribution in [0, 0.1) is 11.8 Å². The number of amides is 2. The summed E-state index contributed by atoms with van der Waals surface area (Å²) in [5.74, 6) is 2.10. The second-order valence-corrected chi connectivity index (χ2v) is 17.8. The Morgan fingerprint density at radius 2 is 0.961 bits per heavy atom. The first kappa shape index (κ1) is 42.6. The van der Waals surface area contributed by atoms with Gasteiger partial charge < -0.3 is 20.0 Å². The molecule has 4 rings (SSSR count). The van der Waals surface area contributed by atoms with Gasteiger partial charge in [0.1, 0.15) is 0 Å². The second kappa shape index (κ2) is 22.9. The smallest absolute Gasteiger partial charge is 0.220 e. The number of hydrogen-bond acceptors (Lipinski definition) is 5. The Bertz CT molecular complexity index is 993. The van der Waals surface area contributed by atoms with Gasteiger partial charge in [-0.2, -0.15) is 0 Å². The average Bonchev–Trinajstić information content (AvgIpc) is 3.58. The molecule has 4 aliphatic rings. The van der Waals surface area contributed by atoms with Crippen LogP contribution < -0.4 is 0 Å². The van der Waals surface area contributed by atoms with E-state index in [0.29, 0.717) is 12.1 Å². The largest absolute Gasteiger partial charge is 0.391 e. The molecule has 0 bridgehead atoms. The standard InChI is InChI=1S/C44H81N3O4/c1-34-43(50)29-27-40(46(34)36(3)48)24-19-15-11-7-5-9-13-17-22-38-32-39(42-26-21-31-45(42)33-38)23-18-14-10-6-8-12-16-20-25-41-28-30-44(51)35(2)47(41)37(4)49/h34-35,38-44,50-51H,5-33H2,1-4H3/t34-,35-,38?,39?,40+,41+,42?,43-,44-/m0/s1.